The highest BCUT2D eigenvalue weighted by Gasteiger charge is 2.26. The quantitative estimate of drug-likeness (QED) is 0.626. The molecule has 4 rings (SSSR count). The Morgan fingerprint density at radius 2 is 2.03 bits per heavy atom. The Morgan fingerprint density at radius 1 is 1.28 bits per heavy atom. The van der Waals surface area contributed by atoms with E-state index in [0.29, 0.717) is 13.2 Å². The number of carbonyl (C=O) groups excluding carboxylic acids is 1. The Labute approximate surface area is 172 Å². The Morgan fingerprint density at radius 3 is 2.76 bits per heavy atom. The van der Waals surface area contributed by atoms with E-state index in [2.05, 4.69) is 20.2 Å². The van der Waals surface area contributed by atoms with Crippen molar-refractivity contribution < 1.29 is 13.9 Å². The molecule has 1 aromatic carbocycles. The van der Waals surface area contributed by atoms with Crippen LogP contribution in [0.1, 0.15) is 12.8 Å². The van der Waals surface area contributed by atoms with Crippen molar-refractivity contribution in [1.29, 1.82) is 0 Å². The molecular formula is C21H23FN4O2S. The van der Waals surface area contributed by atoms with Gasteiger partial charge in [0.2, 0.25) is 5.91 Å². The molecule has 0 spiro atoms. The molecule has 0 bridgehead atoms. The predicted molar refractivity (Wildman–Crippen MR) is 113 cm³/mol. The number of ether oxygens (including phenoxy) is 1. The van der Waals surface area contributed by atoms with Crippen LogP contribution in [0, 0.1) is 11.7 Å². The zero-order valence-electron chi connectivity index (χ0n) is 16.2. The van der Waals surface area contributed by atoms with Gasteiger partial charge >= 0.3 is 0 Å². The van der Waals surface area contributed by atoms with E-state index < -0.39 is 0 Å². The molecule has 1 N–H and O–H groups in total. The molecule has 3 aromatic rings. The number of hydrogen-bond acceptors (Lipinski definition) is 6. The summed E-state index contributed by atoms with van der Waals surface area (Å²) in [6.45, 7) is 2.62. The molecule has 0 radical (unpaired) electrons. The zero-order valence-corrected chi connectivity index (χ0v) is 17.0. The molecule has 0 atom stereocenters. The van der Waals surface area contributed by atoms with Crippen molar-refractivity contribution in [3.63, 3.8) is 0 Å². The molecule has 1 aliphatic rings. The van der Waals surface area contributed by atoms with Crippen LogP contribution in [0.5, 0.6) is 0 Å². The number of nitrogens with zero attached hydrogens (tertiary/aromatic N) is 3. The summed E-state index contributed by atoms with van der Waals surface area (Å²) in [6.07, 6.45) is 3.17. The monoisotopic (exact) mass is 414 g/mol. The first kappa shape index (κ1) is 19.7. The number of carbonyl (C=O) groups is 1. The first-order valence-corrected chi connectivity index (χ1v) is 10.5. The van der Waals surface area contributed by atoms with E-state index in [1.165, 1.54) is 12.1 Å². The maximum absolute atomic E-state index is 13.2. The molecule has 1 saturated heterocycles. The fraction of sp³-hybridized carbons (Fsp3) is 0.381. The van der Waals surface area contributed by atoms with Crippen LogP contribution in [0.25, 0.3) is 20.7 Å². The van der Waals surface area contributed by atoms with Crippen molar-refractivity contribution in [1.82, 2.24) is 15.3 Å². The molecule has 1 aliphatic heterocycles. The minimum atomic E-state index is -0.246. The topological polar surface area (TPSA) is 67.3 Å². The summed E-state index contributed by atoms with van der Waals surface area (Å²) in [5, 5.41) is 2.93. The van der Waals surface area contributed by atoms with E-state index >= 15 is 0 Å². The lowest BCUT2D eigenvalue weighted by Gasteiger charge is -2.32. The number of amides is 1. The summed E-state index contributed by atoms with van der Waals surface area (Å²) in [4.78, 5) is 24.5. The van der Waals surface area contributed by atoms with E-state index in [1.54, 1.807) is 36.9 Å². The molecule has 6 nitrogen and oxygen atoms in total. The first-order valence-electron chi connectivity index (χ1n) is 9.68. The van der Waals surface area contributed by atoms with E-state index in [4.69, 9.17) is 4.74 Å². The van der Waals surface area contributed by atoms with E-state index in [-0.39, 0.29) is 17.6 Å². The summed E-state index contributed by atoms with van der Waals surface area (Å²) in [7, 11) is 1.62. The Bertz CT molecular complexity index is 984. The highest BCUT2D eigenvalue weighted by Crippen LogP contribution is 2.37. The number of methoxy groups -OCH3 is 1. The third kappa shape index (κ3) is 4.38. The lowest BCUT2D eigenvalue weighted by Crippen LogP contribution is -2.41. The van der Waals surface area contributed by atoms with Crippen LogP contribution in [0.2, 0.25) is 0 Å². The molecule has 8 heteroatoms. The van der Waals surface area contributed by atoms with Gasteiger partial charge in [-0.25, -0.2) is 14.4 Å². The first-order chi connectivity index (χ1) is 14.2. The van der Waals surface area contributed by atoms with Gasteiger partial charge in [-0.05, 0) is 36.6 Å². The minimum Gasteiger partial charge on any atom is -0.383 e. The standard InChI is InChI=1S/C21H23FN4O2S/c1-28-11-8-23-21(27)15-6-9-26(10-7-15)20-19-17(24-13-25-20)12-18(29-19)14-2-4-16(22)5-3-14/h2-5,12-13,15H,6-11H2,1H3,(H,23,27). The fourth-order valence-corrected chi connectivity index (χ4v) is 4.73. The highest BCUT2D eigenvalue weighted by molar-refractivity contribution is 7.22. The summed E-state index contributed by atoms with van der Waals surface area (Å²) in [5.41, 5.74) is 1.85. The molecule has 1 fully saturated rings. The number of halogens is 1. The summed E-state index contributed by atoms with van der Waals surface area (Å²) < 4.78 is 19.2. The van der Waals surface area contributed by atoms with Crippen LogP contribution in [0.4, 0.5) is 10.2 Å². The number of benzene rings is 1. The lowest BCUT2D eigenvalue weighted by molar-refractivity contribution is -0.125. The molecule has 29 heavy (non-hydrogen) atoms. The Balaban J connectivity index is 1.49. The van der Waals surface area contributed by atoms with Crippen LogP contribution < -0.4 is 10.2 Å². The second kappa shape index (κ2) is 8.84. The maximum Gasteiger partial charge on any atom is 0.223 e. The minimum absolute atomic E-state index is 0.0264. The fourth-order valence-electron chi connectivity index (χ4n) is 3.60. The number of hydrogen-bond donors (Lipinski definition) is 1. The van der Waals surface area contributed by atoms with Gasteiger partial charge in [0.15, 0.2) is 0 Å². The van der Waals surface area contributed by atoms with Gasteiger partial charge in [-0.15, -0.1) is 11.3 Å². The number of aromatic nitrogens is 2. The zero-order chi connectivity index (χ0) is 20.2. The van der Waals surface area contributed by atoms with Gasteiger partial charge in [-0.3, -0.25) is 4.79 Å². The van der Waals surface area contributed by atoms with Crippen molar-refractivity contribution in [2.24, 2.45) is 5.92 Å². The average molecular weight is 415 g/mol. The normalized spacial score (nSPS) is 15.0. The van der Waals surface area contributed by atoms with Crippen LogP contribution in [-0.4, -0.2) is 49.2 Å². The smallest absolute Gasteiger partial charge is 0.223 e. The number of fused-ring (bicyclic) bond motifs is 1. The number of rotatable bonds is 6. The van der Waals surface area contributed by atoms with Crippen LogP contribution in [-0.2, 0) is 9.53 Å². The molecule has 2 aromatic heterocycles. The van der Waals surface area contributed by atoms with Crippen molar-refractivity contribution in [3.8, 4) is 10.4 Å². The van der Waals surface area contributed by atoms with Gasteiger partial charge in [-0.1, -0.05) is 12.1 Å². The Hall–Kier alpha value is -2.58. The molecule has 3 heterocycles. The van der Waals surface area contributed by atoms with Gasteiger partial charge in [0, 0.05) is 37.5 Å². The SMILES string of the molecule is COCCNC(=O)C1CCN(c2ncnc3cc(-c4ccc(F)cc4)sc23)CC1. The molecule has 0 aliphatic carbocycles. The van der Waals surface area contributed by atoms with Crippen molar-refractivity contribution in [2.75, 3.05) is 38.3 Å². The summed E-state index contributed by atoms with van der Waals surface area (Å²) in [5.74, 6) is 0.791. The molecule has 152 valence electrons. The second-order valence-electron chi connectivity index (χ2n) is 7.07. The van der Waals surface area contributed by atoms with Crippen LogP contribution >= 0.6 is 11.3 Å². The van der Waals surface area contributed by atoms with Crippen molar-refractivity contribution >= 4 is 33.3 Å². The lowest BCUT2D eigenvalue weighted by atomic mass is 9.96. The number of anilines is 1. The van der Waals surface area contributed by atoms with Gasteiger partial charge in [0.05, 0.1) is 16.8 Å². The molecule has 1 amide bonds. The second-order valence-corrected chi connectivity index (χ2v) is 8.13. The summed E-state index contributed by atoms with van der Waals surface area (Å²) in [6, 6.07) is 8.51. The van der Waals surface area contributed by atoms with Crippen LogP contribution in [0.3, 0.4) is 0 Å². The maximum atomic E-state index is 13.2. The summed E-state index contributed by atoms with van der Waals surface area (Å²) >= 11 is 1.61. The third-order valence-electron chi connectivity index (χ3n) is 5.19. The van der Waals surface area contributed by atoms with Gasteiger partial charge < -0.3 is 15.0 Å². The van der Waals surface area contributed by atoms with Gasteiger partial charge in [0.1, 0.15) is 18.0 Å². The third-order valence-corrected chi connectivity index (χ3v) is 6.36. The predicted octanol–water partition coefficient (Wildman–Crippen LogP) is 3.48. The van der Waals surface area contributed by atoms with E-state index in [1.807, 2.05) is 6.07 Å². The molecular weight excluding hydrogens is 391 g/mol. The van der Waals surface area contributed by atoms with Gasteiger partial charge in [-0.2, -0.15) is 0 Å². The highest BCUT2D eigenvalue weighted by atomic mass is 32.1. The van der Waals surface area contributed by atoms with Crippen LogP contribution in [0.15, 0.2) is 36.7 Å². The molecule has 0 unspecified atom stereocenters. The number of piperidine rings is 1. The Kier molecular flexibility index (Phi) is 6.01. The average Bonchev–Trinajstić information content (AvgIpc) is 3.19. The largest absolute Gasteiger partial charge is 0.383 e. The van der Waals surface area contributed by atoms with Crippen molar-refractivity contribution in [2.45, 2.75) is 12.8 Å². The molecule has 0 saturated carbocycles. The van der Waals surface area contributed by atoms with E-state index in [0.717, 1.165) is 52.4 Å². The number of nitrogens with one attached hydrogen (secondary N) is 1. The van der Waals surface area contributed by atoms with Gasteiger partial charge in [0.25, 0.3) is 0 Å². The van der Waals surface area contributed by atoms with E-state index in [9.17, 15) is 9.18 Å². The van der Waals surface area contributed by atoms with Crippen molar-refractivity contribution in [3.05, 3.63) is 42.5 Å². The number of thiophene rings is 1.